The highest BCUT2D eigenvalue weighted by molar-refractivity contribution is 5.20. The number of hydrogen-bond acceptors (Lipinski definition) is 3. The lowest BCUT2D eigenvalue weighted by molar-refractivity contribution is 0.0501. The second-order valence-corrected chi connectivity index (χ2v) is 3.06. The van der Waals surface area contributed by atoms with Crippen molar-refractivity contribution < 1.29 is 14.6 Å². The van der Waals surface area contributed by atoms with Crippen LogP contribution in [0.15, 0.2) is 30.3 Å². The summed E-state index contributed by atoms with van der Waals surface area (Å²) in [5.41, 5.74) is 0. The van der Waals surface area contributed by atoms with E-state index < -0.39 is 6.10 Å². The normalized spacial score (nSPS) is 12.4. The summed E-state index contributed by atoms with van der Waals surface area (Å²) in [6.45, 7) is 0.868. The molecule has 3 heteroatoms. The van der Waals surface area contributed by atoms with E-state index in [-0.39, 0.29) is 0 Å². The van der Waals surface area contributed by atoms with Gasteiger partial charge in [0.25, 0.3) is 0 Å². The maximum absolute atomic E-state index is 9.32. The minimum atomic E-state index is -0.441. The summed E-state index contributed by atoms with van der Waals surface area (Å²) in [5, 5.41) is 9.32. The van der Waals surface area contributed by atoms with Crippen LogP contribution in [0, 0.1) is 0 Å². The van der Waals surface area contributed by atoms with E-state index in [2.05, 4.69) is 0 Å². The van der Waals surface area contributed by atoms with Gasteiger partial charge in [0.15, 0.2) is 0 Å². The molecule has 0 fully saturated rings. The molecule has 0 radical (unpaired) electrons. The van der Waals surface area contributed by atoms with E-state index in [1.807, 2.05) is 30.3 Å². The minimum absolute atomic E-state index is 0.359. The maximum atomic E-state index is 9.32. The van der Waals surface area contributed by atoms with Crippen LogP contribution < -0.4 is 4.74 Å². The van der Waals surface area contributed by atoms with E-state index in [0.29, 0.717) is 19.6 Å². The number of aliphatic hydroxyl groups is 1. The molecule has 0 saturated carbocycles. The number of methoxy groups -OCH3 is 1. The van der Waals surface area contributed by atoms with Crippen molar-refractivity contribution in [1.29, 1.82) is 0 Å². The molecule has 1 atom stereocenters. The number of para-hydroxylation sites is 1. The molecule has 1 rings (SSSR count). The van der Waals surface area contributed by atoms with Crippen molar-refractivity contribution in [2.24, 2.45) is 0 Å². The molecule has 0 bridgehead atoms. The predicted octanol–water partition coefficient (Wildman–Crippen LogP) is 1.46. The van der Waals surface area contributed by atoms with Gasteiger partial charge in [-0.15, -0.1) is 0 Å². The summed E-state index contributed by atoms with van der Waals surface area (Å²) in [6, 6.07) is 9.56. The molecule has 1 aromatic rings. The zero-order valence-electron chi connectivity index (χ0n) is 8.35. The molecule has 1 aromatic carbocycles. The molecule has 0 aliphatic rings. The van der Waals surface area contributed by atoms with Crippen LogP contribution in [0.1, 0.15) is 6.42 Å². The molecular formula is C11H16O3. The van der Waals surface area contributed by atoms with Gasteiger partial charge in [-0.25, -0.2) is 0 Å². The van der Waals surface area contributed by atoms with Crippen molar-refractivity contribution in [3.8, 4) is 5.75 Å². The second-order valence-electron chi connectivity index (χ2n) is 3.06. The number of aliphatic hydroxyl groups excluding tert-OH is 1. The van der Waals surface area contributed by atoms with Crippen LogP contribution in [0.2, 0.25) is 0 Å². The van der Waals surface area contributed by atoms with Gasteiger partial charge in [0.1, 0.15) is 5.75 Å². The highest BCUT2D eigenvalue weighted by Crippen LogP contribution is 2.08. The Balaban J connectivity index is 2.16. The third kappa shape index (κ3) is 4.25. The molecular weight excluding hydrogens is 180 g/mol. The highest BCUT2D eigenvalue weighted by Gasteiger charge is 2.02. The van der Waals surface area contributed by atoms with Gasteiger partial charge in [-0.1, -0.05) is 18.2 Å². The van der Waals surface area contributed by atoms with Crippen molar-refractivity contribution in [2.75, 3.05) is 20.3 Å². The van der Waals surface area contributed by atoms with Crippen molar-refractivity contribution in [2.45, 2.75) is 12.5 Å². The summed E-state index contributed by atoms with van der Waals surface area (Å²) < 4.78 is 10.2. The van der Waals surface area contributed by atoms with Crippen molar-refractivity contribution in [3.05, 3.63) is 30.3 Å². The molecule has 0 aromatic heterocycles. The van der Waals surface area contributed by atoms with Gasteiger partial charge < -0.3 is 14.6 Å². The van der Waals surface area contributed by atoms with E-state index >= 15 is 0 Å². The fourth-order valence-corrected chi connectivity index (χ4v) is 1.11. The van der Waals surface area contributed by atoms with E-state index in [9.17, 15) is 5.11 Å². The SMILES string of the molecule is COCC(O)CCOc1ccccc1. The number of ether oxygens (including phenoxy) is 2. The Morgan fingerprint density at radius 3 is 2.64 bits per heavy atom. The number of benzene rings is 1. The average molecular weight is 196 g/mol. The predicted molar refractivity (Wildman–Crippen MR) is 54.4 cm³/mol. The zero-order chi connectivity index (χ0) is 10.2. The lowest BCUT2D eigenvalue weighted by Gasteiger charge is -2.10. The topological polar surface area (TPSA) is 38.7 Å². The monoisotopic (exact) mass is 196 g/mol. The Kier molecular flexibility index (Phi) is 5.04. The van der Waals surface area contributed by atoms with E-state index in [0.717, 1.165) is 5.75 Å². The summed E-state index contributed by atoms with van der Waals surface area (Å²) in [5.74, 6) is 0.831. The first-order valence-electron chi connectivity index (χ1n) is 4.68. The van der Waals surface area contributed by atoms with E-state index in [1.54, 1.807) is 7.11 Å². The fourth-order valence-electron chi connectivity index (χ4n) is 1.11. The summed E-state index contributed by atoms with van der Waals surface area (Å²) in [4.78, 5) is 0. The molecule has 78 valence electrons. The molecule has 1 unspecified atom stereocenters. The molecule has 0 saturated heterocycles. The largest absolute Gasteiger partial charge is 0.493 e. The first kappa shape index (κ1) is 11.0. The average Bonchev–Trinajstić information content (AvgIpc) is 2.20. The molecule has 0 aliphatic heterocycles. The Bertz CT molecular complexity index is 236. The molecule has 14 heavy (non-hydrogen) atoms. The zero-order valence-corrected chi connectivity index (χ0v) is 8.35. The van der Waals surface area contributed by atoms with Gasteiger partial charge >= 0.3 is 0 Å². The second kappa shape index (κ2) is 6.40. The van der Waals surface area contributed by atoms with Gasteiger partial charge in [0.05, 0.1) is 19.3 Å². The maximum Gasteiger partial charge on any atom is 0.119 e. The van der Waals surface area contributed by atoms with Crippen LogP contribution in [0.25, 0.3) is 0 Å². The molecule has 3 nitrogen and oxygen atoms in total. The Morgan fingerprint density at radius 1 is 1.29 bits per heavy atom. The fraction of sp³-hybridized carbons (Fsp3) is 0.455. The van der Waals surface area contributed by atoms with Crippen LogP contribution in [-0.4, -0.2) is 31.5 Å². The van der Waals surface area contributed by atoms with E-state index in [4.69, 9.17) is 9.47 Å². The summed E-state index contributed by atoms with van der Waals surface area (Å²) in [7, 11) is 1.57. The van der Waals surface area contributed by atoms with Crippen LogP contribution in [0.4, 0.5) is 0 Å². The van der Waals surface area contributed by atoms with Crippen LogP contribution in [-0.2, 0) is 4.74 Å². The first-order chi connectivity index (χ1) is 6.83. The van der Waals surface area contributed by atoms with Gasteiger partial charge in [-0.05, 0) is 12.1 Å². The number of hydrogen-bond donors (Lipinski definition) is 1. The standard InChI is InChI=1S/C11H16O3/c1-13-9-10(12)7-8-14-11-5-3-2-4-6-11/h2-6,10,12H,7-9H2,1H3. The van der Waals surface area contributed by atoms with Crippen molar-refractivity contribution >= 4 is 0 Å². The van der Waals surface area contributed by atoms with Crippen LogP contribution >= 0.6 is 0 Å². The third-order valence-corrected chi connectivity index (χ3v) is 1.82. The molecule has 0 heterocycles. The Labute approximate surface area is 84.3 Å². The molecule has 1 N–H and O–H groups in total. The van der Waals surface area contributed by atoms with E-state index in [1.165, 1.54) is 0 Å². The van der Waals surface area contributed by atoms with Crippen molar-refractivity contribution in [3.63, 3.8) is 0 Å². The smallest absolute Gasteiger partial charge is 0.119 e. The van der Waals surface area contributed by atoms with Gasteiger partial charge in [-0.2, -0.15) is 0 Å². The summed E-state index contributed by atoms with van der Waals surface area (Å²) in [6.07, 6.45) is 0.145. The van der Waals surface area contributed by atoms with Gasteiger partial charge in [0, 0.05) is 13.5 Å². The Hall–Kier alpha value is -1.06. The molecule has 0 aliphatic carbocycles. The number of rotatable bonds is 6. The molecule has 0 spiro atoms. The third-order valence-electron chi connectivity index (χ3n) is 1.82. The Morgan fingerprint density at radius 2 is 2.00 bits per heavy atom. The first-order valence-corrected chi connectivity index (χ1v) is 4.68. The van der Waals surface area contributed by atoms with Crippen LogP contribution in [0.5, 0.6) is 5.75 Å². The van der Waals surface area contributed by atoms with Gasteiger partial charge in [0.2, 0.25) is 0 Å². The van der Waals surface area contributed by atoms with Crippen molar-refractivity contribution in [1.82, 2.24) is 0 Å². The lowest BCUT2D eigenvalue weighted by atomic mass is 10.3. The van der Waals surface area contributed by atoms with Gasteiger partial charge in [-0.3, -0.25) is 0 Å². The highest BCUT2D eigenvalue weighted by atomic mass is 16.5. The quantitative estimate of drug-likeness (QED) is 0.748. The summed E-state index contributed by atoms with van der Waals surface area (Å²) >= 11 is 0. The lowest BCUT2D eigenvalue weighted by Crippen LogP contribution is -2.17. The van der Waals surface area contributed by atoms with Crippen LogP contribution in [0.3, 0.4) is 0 Å². The molecule has 0 amide bonds. The minimum Gasteiger partial charge on any atom is -0.493 e.